The molecule has 0 saturated heterocycles. The minimum Gasteiger partial charge on any atom is -0.241 e. The quantitative estimate of drug-likeness (QED) is 0.216. The Morgan fingerprint density at radius 2 is 0.783 bits per heavy atom. The van der Waals surface area contributed by atoms with Crippen LogP contribution in [0.5, 0.6) is 0 Å². The minimum atomic E-state index is -2.24. The summed E-state index contributed by atoms with van der Waals surface area (Å²) in [5.41, 5.74) is -2.44. The summed E-state index contributed by atoms with van der Waals surface area (Å²) < 4.78 is 107. The molecular formula is C13BrF8N. The molecule has 1 heterocycles. The van der Waals surface area contributed by atoms with E-state index in [-0.39, 0.29) is 0 Å². The third-order valence-electron chi connectivity index (χ3n) is 3.15. The molecule has 0 unspecified atom stereocenters. The molecule has 120 valence electrons. The molecule has 3 aromatic rings. The lowest BCUT2D eigenvalue weighted by Gasteiger charge is -2.11. The van der Waals surface area contributed by atoms with Crippen LogP contribution in [0.2, 0.25) is 0 Å². The smallest absolute Gasteiger partial charge is 0.199 e. The predicted octanol–water partition coefficient (Wildman–Crippen LogP) is 5.26. The van der Waals surface area contributed by atoms with Gasteiger partial charge in [0.1, 0.15) is 11.0 Å². The van der Waals surface area contributed by atoms with E-state index < -0.39 is 72.8 Å². The lowest BCUT2D eigenvalue weighted by atomic mass is 10.1. The van der Waals surface area contributed by atoms with Gasteiger partial charge in [0, 0.05) is 4.47 Å². The second-order valence-electron chi connectivity index (χ2n) is 4.38. The van der Waals surface area contributed by atoms with Crippen LogP contribution in [-0.4, -0.2) is 4.98 Å². The number of rotatable bonds is 0. The standard InChI is InChI=1S/C13BrF8N/c14-3-1-4(15)6(17)8(19)10(21)12(1)23-13-2(3)5(16)7(18)9(20)11(13)22. The molecule has 0 aliphatic heterocycles. The van der Waals surface area contributed by atoms with Crippen molar-refractivity contribution >= 4 is 37.7 Å². The van der Waals surface area contributed by atoms with Crippen LogP contribution in [0, 0.1) is 46.5 Å². The average molecular weight is 402 g/mol. The van der Waals surface area contributed by atoms with Crippen molar-refractivity contribution in [3.63, 3.8) is 0 Å². The highest BCUT2D eigenvalue weighted by Crippen LogP contribution is 2.38. The van der Waals surface area contributed by atoms with Crippen LogP contribution in [0.4, 0.5) is 35.1 Å². The van der Waals surface area contributed by atoms with E-state index in [0.29, 0.717) is 0 Å². The van der Waals surface area contributed by atoms with E-state index in [2.05, 4.69) is 20.9 Å². The fraction of sp³-hybridized carbons (Fsp3) is 0. The van der Waals surface area contributed by atoms with E-state index in [9.17, 15) is 35.1 Å². The topological polar surface area (TPSA) is 12.9 Å². The lowest BCUT2D eigenvalue weighted by Crippen LogP contribution is -2.05. The summed E-state index contributed by atoms with van der Waals surface area (Å²) in [6, 6.07) is 0. The average Bonchev–Trinajstić information content (AvgIpc) is 2.53. The minimum absolute atomic E-state index is 0.844. The molecule has 3 rings (SSSR count). The van der Waals surface area contributed by atoms with Crippen molar-refractivity contribution < 1.29 is 35.1 Å². The van der Waals surface area contributed by atoms with E-state index in [4.69, 9.17) is 0 Å². The first-order chi connectivity index (χ1) is 10.7. The zero-order chi connectivity index (χ0) is 17.2. The van der Waals surface area contributed by atoms with Crippen LogP contribution in [-0.2, 0) is 0 Å². The summed E-state index contributed by atoms with van der Waals surface area (Å²) in [5.74, 6) is -16.8. The van der Waals surface area contributed by atoms with E-state index in [1.807, 2.05) is 0 Å². The van der Waals surface area contributed by atoms with Gasteiger partial charge in [-0.3, -0.25) is 0 Å². The lowest BCUT2D eigenvalue weighted by molar-refractivity contribution is 0.414. The molecule has 0 saturated carbocycles. The van der Waals surface area contributed by atoms with Crippen molar-refractivity contribution in [1.82, 2.24) is 4.98 Å². The highest BCUT2D eigenvalue weighted by Gasteiger charge is 2.29. The molecule has 0 radical (unpaired) electrons. The normalized spacial score (nSPS) is 11.7. The first kappa shape index (κ1) is 15.9. The molecule has 0 aliphatic carbocycles. The van der Waals surface area contributed by atoms with Gasteiger partial charge in [0.15, 0.2) is 46.5 Å². The molecule has 23 heavy (non-hydrogen) atoms. The van der Waals surface area contributed by atoms with Crippen molar-refractivity contribution in [1.29, 1.82) is 0 Å². The SMILES string of the molecule is Fc1c(F)c(F)c2c(Br)c3c(F)c(F)c(F)c(F)c3nc2c1F. The van der Waals surface area contributed by atoms with Gasteiger partial charge in [0.2, 0.25) is 0 Å². The Kier molecular flexibility index (Phi) is 3.47. The molecule has 0 bridgehead atoms. The van der Waals surface area contributed by atoms with Crippen LogP contribution in [0.25, 0.3) is 21.8 Å². The van der Waals surface area contributed by atoms with Gasteiger partial charge in [-0.05, 0) is 15.9 Å². The fourth-order valence-electron chi connectivity index (χ4n) is 2.09. The first-order valence-electron chi connectivity index (χ1n) is 5.65. The first-order valence-corrected chi connectivity index (χ1v) is 6.44. The third kappa shape index (κ3) is 1.93. The number of halogens is 9. The van der Waals surface area contributed by atoms with Crippen molar-refractivity contribution in [2.24, 2.45) is 0 Å². The highest BCUT2D eigenvalue weighted by molar-refractivity contribution is 9.10. The van der Waals surface area contributed by atoms with Crippen LogP contribution in [0.1, 0.15) is 0 Å². The maximum atomic E-state index is 13.8. The summed E-state index contributed by atoms with van der Waals surface area (Å²) in [7, 11) is 0. The second-order valence-corrected chi connectivity index (χ2v) is 5.18. The molecule has 1 aromatic heterocycles. The van der Waals surface area contributed by atoms with Crippen LogP contribution < -0.4 is 0 Å². The number of nitrogens with zero attached hydrogens (tertiary/aromatic N) is 1. The maximum absolute atomic E-state index is 13.8. The molecule has 1 nitrogen and oxygen atoms in total. The summed E-state index contributed by atoms with van der Waals surface area (Å²) in [6.07, 6.45) is 0. The van der Waals surface area contributed by atoms with Crippen molar-refractivity contribution in [3.05, 3.63) is 51.0 Å². The number of hydrogen-bond acceptors (Lipinski definition) is 1. The van der Waals surface area contributed by atoms with Crippen LogP contribution in [0.3, 0.4) is 0 Å². The largest absolute Gasteiger partial charge is 0.241 e. The Morgan fingerprint density at radius 3 is 1.13 bits per heavy atom. The predicted molar refractivity (Wildman–Crippen MR) is 66.6 cm³/mol. The Bertz CT molecular complexity index is 939. The van der Waals surface area contributed by atoms with Crippen molar-refractivity contribution in [3.8, 4) is 0 Å². The summed E-state index contributed by atoms with van der Waals surface area (Å²) in [5, 5.41) is -2.17. The zero-order valence-corrected chi connectivity index (χ0v) is 11.9. The molecule has 0 amide bonds. The van der Waals surface area contributed by atoms with Gasteiger partial charge in [0.05, 0.1) is 10.8 Å². The Morgan fingerprint density at radius 1 is 0.478 bits per heavy atom. The molecule has 0 atom stereocenters. The van der Waals surface area contributed by atoms with Gasteiger partial charge in [-0.25, -0.2) is 40.1 Å². The van der Waals surface area contributed by atoms with Crippen molar-refractivity contribution in [2.45, 2.75) is 0 Å². The fourth-order valence-corrected chi connectivity index (χ4v) is 2.81. The Hall–Kier alpha value is -1.97. The van der Waals surface area contributed by atoms with E-state index in [1.54, 1.807) is 0 Å². The van der Waals surface area contributed by atoms with Gasteiger partial charge >= 0.3 is 0 Å². The van der Waals surface area contributed by atoms with E-state index in [1.165, 1.54) is 0 Å². The number of pyridine rings is 1. The molecule has 0 fully saturated rings. The molecule has 2 aromatic carbocycles. The van der Waals surface area contributed by atoms with Gasteiger partial charge < -0.3 is 0 Å². The van der Waals surface area contributed by atoms with Gasteiger partial charge in [-0.2, -0.15) is 0 Å². The monoisotopic (exact) mass is 401 g/mol. The number of fused-ring (bicyclic) bond motifs is 2. The molecule has 0 N–H and O–H groups in total. The van der Waals surface area contributed by atoms with Gasteiger partial charge in [-0.1, -0.05) is 0 Å². The molecular weight excluding hydrogens is 402 g/mol. The van der Waals surface area contributed by atoms with Crippen molar-refractivity contribution in [2.75, 3.05) is 0 Å². The Balaban J connectivity index is 2.73. The number of aromatic nitrogens is 1. The molecule has 0 spiro atoms. The van der Waals surface area contributed by atoms with Gasteiger partial charge in [-0.15, -0.1) is 0 Å². The van der Waals surface area contributed by atoms with E-state index >= 15 is 0 Å². The Labute approximate surface area is 129 Å². The summed E-state index contributed by atoms with van der Waals surface area (Å²) in [6.45, 7) is 0. The van der Waals surface area contributed by atoms with Gasteiger partial charge in [0.25, 0.3) is 0 Å². The summed E-state index contributed by atoms with van der Waals surface area (Å²) >= 11 is 2.54. The van der Waals surface area contributed by atoms with Crippen LogP contribution >= 0.6 is 15.9 Å². The zero-order valence-electron chi connectivity index (χ0n) is 10.3. The van der Waals surface area contributed by atoms with Crippen LogP contribution in [0.15, 0.2) is 4.47 Å². The maximum Gasteiger partial charge on any atom is 0.199 e. The van der Waals surface area contributed by atoms with E-state index in [0.717, 1.165) is 0 Å². The second kappa shape index (κ2) is 5.02. The molecule has 0 aliphatic rings. The highest BCUT2D eigenvalue weighted by atomic mass is 79.9. The summed E-state index contributed by atoms with van der Waals surface area (Å²) in [4.78, 5) is 3.09. The number of hydrogen-bond donors (Lipinski definition) is 0. The molecule has 10 heteroatoms. The third-order valence-corrected chi connectivity index (χ3v) is 3.94. The number of benzene rings is 2.